The average molecular weight is 258 g/mol. The maximum Gasteiger partial charge on any atom is 0.169 e. The van der Waals surface area contributed by atoms with Crippen molar-refractivity contribution in [2.75, 3.05) is 0 Å². The SMILES string of the molecule is O=C1C=CCC(O)C1C(=O)C=Cc1ccc(O)cc1. The van der Waals surface area contributed by atoms with Crippen LogP contribution < -0.4 is 0 Å². The van der Waals surface area contributed by atoms with E-state index >= 15 is 0 Å². The van der Waals surface area contributed by atoms with Crippen LogP contribution >= 0.6 is 0 Å². The summed E-state index contributed by atoms with van der Waals surface area (Å²) in [7, 11) is 0. The van der Waals surface area contributed by atoms with Crippen LogP contribution in [0.2, 0.25) is 0 Å². The number of hydrogen-bond acceptors (Lipinski definition) is 4. The molecule has 4 nitrogen and oxygen atoms in total. The molecule has 1 aromatic carbocycles. The van der Waals surface area contributed by atoms with E-state index in [9.17, 15) is 14.7 Å². The molecule has 0 saturated heterocycles. The van der Waals surface area contributed by atoms with Gasteiger partial charge in [-0.15, -0.1) is 0 Å². The van der Waals surface area contributed by atoms with Gasteiger partial charge in [0.05, 0.1) is 6.10 Å². The molecular weight excluding hydrogens is 244 g/mol. The zero-order chi connectivity index (χ0) is 13.8. The molecule has 0 bridgehead atoms. The van der Waals surface area contributed by atoms with Crippen molar-refractivity contribution in [3.8, 4) is 5.75 Å². The van der Waals surface area contributed by atoms with E-state index in [4.69, 9.17) is 5.11 Å². The maximum atomic E-state index is 11.9. The van der Waals surface area contributed by atoms with Crippen molar-refractivity contribution in [2.24, 2.45) is 5.92 Å². The van der Waals surface area contributed by atoms with Crippen LogP contribution in [-0.4, -0.2) is 27.9 Å². The van der Waals surface area contributed by atoms with E-state index in [0.717, 1.165) is 5.56 Å². The van der Waals surface area contributed by atoms with Gasteiger partial charge in [-0.1, -0.05) is 24.3 Å². The number of aliphatic hydroxyl groups excluding tert-OH is 1. The summed E-state index contributed by atoms with van der Waals surface area (Å²) in [4.78, 5) is 23.5. The molecule has 19 heavy (non-hydrogen) atoms. The highest BCUT2D eigenvalue weighted by molar-refractivity contribution is 6.13. The molecule has 0 spiro atoms. The van der Waals surface area contributed by atoms with E-state index in [1.165, 1.54) is 24.3 Å². The molecule has 0 fully saturated rings. The summed E-state index contributed by atoms with van der Waals surface area (Å²) >= 11 is 0. The number of carbonyl (C=O) groups is 2. The van der Waals surface area contributed by atoms with Crippen molar-refractivity contribution in [1.29, 1.82) is 0 Å². The molecule has 1 aliphatic rings. The first-order chi connectivity index (χ1) is 9.08. The third-order valence-electron chi connectivity index (χ3n) is 2.99. The first kappa shape index (κ1) is 13.2. The molecule has 0 amide bonds. The van der Waals surface area contributed by atoms with Crippen LogP contribution in [-0.2, 0) is 9.59 Å². The largest absolute Gasteiger partial charge is 0.508 e. The highest BCUT2D eigenvalue weighted by Crippen LogP contribution is 2.18. The van der Waals surface area contributed by atoms with Crippen LogP contribution in [0.25, 0.3) is 6.08 Å². The van der Waals surface area contributed by atoms with Crippen molar-refractivity contribution >= 4 is 17.6 Å². The Balaban J connectivity index is 2.10. The molecule has 2 unspecified atom stereocenters. The van der Waals surface area contributed by atoms with Crippen molar-refractivity contribution in [3.05, 3.63) is 48.1 Å². The Morgan fingerprint density at radius 1 is 1.26 bits per heavy atom. The molecule has 1 aromatic rings. The number of aromatic hydroxyl groups is 1. The minimum Gasteiger partial charge on any atom is -0.508 e. The van der Waals surface area contributed by atoms with Gasteiger partial charge >= 0.3 is 0 Å². The monoisotopic (exact) mass is 258 g/mol. The molecule has 0 heterocycles. The summed E-state index contributed by atoms with van der Waals surface area (Å²) < 4.78 is 0. The number of carbonyl (C=O) groups excluding carboxylic acids is 2. The topological polar surface area (TPSA) is 74.6 Å². The second kappa shape index (κ2) is 5.63. The van der Waals surface area contributed by atoms with Crippen molar-refractivity contribution in [2.45, 2.75) is 12.5 Å². The lowest BCUT2D eigenvalue weighted by molar-refractivity contribution is -0.132. The Bertz CT molecular complexity index is 540. The Labute approximate surface area is 110 Å². The number of rotatable bonds is 3. The molecule has 2 N–H and O–H groups in total. The smallest absolute Gasteiger partial charge is 0.169 e. The number of phenolic OH excluding ortho intramolecular Hbond substituents is 1. The molecule has 0 aromatic heterocycles. The van der Waals surface area contributed by atoms with E-state index in [1.807, 2.05) is 0 Å². The van der Waals surface area contributed by atoms with Crippen LogP contribution in [0, 0.1) is 5.92 Å². The predicted molar refractivity (Wildman–Crippen MR) is 70.4 cm³/mol. The van der Waals surface area contributed by atoms with Gasteiger partial charge in [-0.05, 0) is 36.3 Å². The Morgan fingerprint density at radius 3 is 2.58 bits per heavy atom. The molecule has 0 saturated carbocycles. The van der Waals surface area contributed by atoms with Gasteiger partial charge in [-0.3, -0.25) is 9.59 Å². The van der Waals surface area contributed by atoms with E-state index in [1.54, 1.807) is 24.3 Å². The molecule has 0 aliphatic heterocycles. The second-order valence-corrected chi connectivity index (χ2v) is 4.41. The van der Waals surface area contributed by atoms with Gasteiger partial charge < -0.3 is 10.2 Å². The molecule has 98 valence electrons. The second-order valence-electron chi connectivity index (χ2n) is 4.41. The van der Waals surface area contributed by atoms with Crippen LogP contribution in [0.3, 0.4) is 0 Å². The molecule has 4 heteroatoms. The summed E-state index contributed by atoms with van der Waals surface area (Å²) in [5, 5.41) is 18.8. The normalized spacial score (nSPS) is 22.9. The van der Waals surface area contributed by atoms with Gasteiger partial charge in [0.2, 0.25) is 0 Å². The number of ketones is 2. The Morgan fingerprint density at radius 2 is 1.95 bits per heavy atom. The zero-order valence-corrected chi connectivity index (χ0v) is 10.2. The minimum absolute atomic E-state index is 0.145. The van der Waals surface area contributed by atoms with E-state index < -0.39 is 17.8 Å². The third-order valence-corrected chi connectivity index (χ3v) is 2.99. The van der Waals surface area contributed by atoms with Gasteiger partial charge in [-0.25, -0.2) is 0 Å². The fraction of sp³-hybridized carbons (Fsp3) is 0.200. The quantitative estimate of drug-likeness (QED) is 0.636. The lowest BCUT2D eigenvalue weighted by atomic mass is 9.86. The number of aliphatic hydroxyl groups is 1. The highest BCUT2D eigenvalue weighted by atomic mass is 16.3. The van der Waals surface area contributed by atoms with E-state index in [-0.39, 0.29) is 11.5 Å². The number of allylic oxidation sites excluding steroid dienone is 2. The minimum atomic E-state index is -1.00. The van der Waals surface area contributed by atoms with E-state index in [0.29, 0.717) is 6.42 Å². The molecule has 2 atom stereocenters. The average Bonchev–Trinajstić information content (AvgIpc) is 2.38. The first-order valence-corrected chi connectivity index (χ1v) is 5.97. The third kappa shape index (κ3) is 3.17. The van der Waals surface area contributed by atoms with Gasteiger partial charge in [-0.2, -0.15) is 0 Å². The van der Waals surface area contributed by atoms with Crippen molar-refractivity contribution in [1.82, 2.24) is 0 Å². The predicted octanol–water partition coefficient (Wildman–Crippen LogP) is 1.48. The summed E-state index contributed by atoms with van der Waals surface area (Å²) in [6.45, 7) is 0. The van der Waals surface area contributed by atoms with Gasteiger partial charge in [0.25, 0.3) is 0 Å². The molecule has 2 rings (SSSR count). The van der Waals surface area contributed by atoms with E-state index in [2.05, 4.69) is 0 Å². The molecule has 0 radical (unpaired) electrons. The number of phenols is 1. The van der Waals surface area contributed by atoms with Crippen LogP contribution in [0.15, 0.2) is 42.5 Å². The van der Waals surface area contributed by atoms with Crippen LogP contribution in [0.5, 0.6) is 5.75 Å². The van der Waals surface area contributed by atoms with Crippen LogP contribution in [0.4, 0.5) is 0 Å². The Kier molecular flexibility index (Phi) is 3.92. The molecular formula is C15H14O4. The van der Waals surface area contributed by atoms with Crippen molar-refractivity contribution < 1.29 is 19.8 Å². The Hall–Kier alpha value is -2.20. The summed E-state index contributed by atoms with van der Waals surface area (Å²) in [6, 6.07) is 6.32. The lowest BCUT2D eigenvalue weighted by Crippen LogP contribution is -2.35. The molecule has 1 aliphatic carbocycles. The fourth-order valence-corrected chi connectivity index (χ4v) is 1.95. The first-order valence-electron chi connectivity index (χ1n) is 5.97. The van der Waals surface area contributed by atoms with Gasteiger partial charge in [0, 0.05) is 0 Å². The standard InChI is InChI=1S/C15H14O4/c16-11-7-4-10(5-8-11)6-9-14(19)15-12(17)2-1-3-13(15)18/h1-2,4-9,13,15-16,18H,3H2. The summed E-state index contributed by atoms with van der Waals surface area (Å²) in [6.07, 6.45) is 5.12. The van der Waals surface area contributed by atoms with Crippen molar-refractivity contribution in [3.63, 3.8) is 0 Å². The number of hydrogen-bond donors (Lipinski definition) is 2. The maximum absolute atomic E-state index is 11.9. The van der Waals surface area contributed by atoms with Gasteiger partial charge in [0.15, 0.2) is 11.6 Å². The fourth-order valence-electron chi connectivity index (χ4n) is 1.95. The van der Waals surface area contributed by atoms with Crippen LogP contribution in [0.1, 0.15) is 12.0 Å². The summed E-state index contributed by atoms with van der Waals surface area (Å²) in [5.74, 6) is -1.63. The van der Waals surface area contributed by atoms with Gasteiger partial charge in [0.1, 0.15) is 11.7 Å². The summed E-state index contributed by atoms with van der Waals surface area (Å²) in [5.41, 5.74) is 0.736. The lowest BCUT2D eigenvalue weighted by Gasteiger charge is -2.20. The number of benzene rings is 1. The zero-order valence-electron chi connectivity index (χ0n) is 10.2. The highest BCUT2D eigenvalue weighted by Gasteiger charge is 2.32.